The molecule has 5 nitrogen and oxygen atoms in total. The number of nitrogens with zero attached hydrogens (tertiary/aromatic N) is 2. The number of rotatable bonds is 1. The Hall–Kier alpha value is -1.88. The zero-order valence-electron chi connectivity index (χ0n) is 10.0. The maximum absolute atomic E-state index is 11.9. The predicted octanol–water partition coefficient (Wildman–Crippen LogP) is 0.546. The number of aliphatic imine (C=N–C) groups is 1. The van der Waals surface area contributed by atoms with E-state index in [-0.39, 0.29) is 5.91 Å². The average molecular weight is 245 g/mol. The third-order valence-corrected chi connectivity index (χ3v) is 3.14. The maximum Gasteiger partial charge on any atom is 0.296 e. The van der Waals surface area contributed by atoms with Crippen molar-refractivity contribution in [2.24, 2.45) is 4.99 Å². The second-order valence-electron chi connectivity index (χ2n) is 4.38. The predicted molar refractivity (Wildman–Crippen MR) is 67.2 cm³/mol. The largest absolute Gasteiger partial charge is 0.446 e. The number of amides is 1. The van der Waals surface area contributed by atoms with Crippen molar-refractivity contribution < 1.29 is 9.53 Å². The average Bonchev–Trinajstić information content (AvgIpc) is 2.83. The van der Waals surface area contributed by atoms with Gasteiger partial charge in [-0.1, -0.05) is 30.3 Å². The van der Waals surface area contributed by atoms with Gasteiger partial charge in [0.25, 0.3) is 11.9 Å². The number of ether oxygens (including phenoxy) is 1. The van der Waals surface area contributed by atoms with Crippen LogP contribution in [-0.2, 0) is 9.53 Å². The quantitative estimate of drug-likeness (QED) is 0.785. The minimum absolute atomic E-state index is 0.213. The van der Waals surface area contributed by atoms with Crippen molar-refractivity contribution in [3.63, 3.8) is 0 Å². The van der Waals surface area contributed by atoms with Gasteiger partial charge in [-0.25, -0.2) is 0 Å². The van der Waals surface area contributed by atoms with E-state index in [4.69, 9.17) is 4.74 Å². The maximum atomic E-state index is 11.9. The molecular formula is C13H15N3O2. The zero-order valence-corrected chi connectivity index (χ0v) is 10.0. The van der Waals surface area contributed by atoms with E-state index in [2.05, 4.69) is 10.3 Å². The molecule has 1 atom stereocenters. The molecule has 94 valence electrons. The first-order chi connectivity index (χ1) is 8.84. The normalized spacial score (nSPS) is 23.8. The zero-order chi connectivity index (χ0) is 12.4. The van der Waals surface area contributed by atoms with Gasteiger partial charge in [-0.3, -0.25) is 4.79 Å². The summed E-state index contributed by atoms with van der Waals surface area (Å²) in [6.45, 7) is 3.44. The summed E-state index contributed by atoms with van der Waals surface area (Å²) in [5.41, 5.74) is 0.858. The van der Waals surface area contributed by atoms with E-state index in [0.29, 0.717) is 6.02 Å². The first-order valence-corrected chi connectivity index (χ1v) is 6.14. The van der Waals surface area contributed by atoms with Crippen LogP contribution in [0.4, 0.5) is 0 Å². The van der Waals surface area contributed by atoms with Gasteiger partial charge >= 0.3 is 0 Å². The van der Waals surface area contributed by atoms with Crippen LogP contribution in [0, 0.1) is 0 Å². The molecule has 0 spiro atoms. The number of hydrogen-bond donors (Lipinski definition) is 1. The van der Waals surface area contributed by atoms with Crippen LogP contribution < -0.4 is 5.32 Å². The Labute approximate surface area is 105 Å². The minimum Gasteiger partial charge on any atom is -0.446 e. The number of hydrogen-bond acceptors (Lipinski definition) is 4. The fourth-order valence-corrected chi connectivity index (χ4v) is 2.17. The van der Waals surface area contributed by atoms with Gasteiger partial charge < -0.3 is 15.0 Å². The molecule has 0 saturated carbocycles. The Morgan fingerprint density at radius 2 is 1.94 bits per heavy atom. The second kappa shape index (κ2) is 4.78. The molecule has 3 rings (SSSR count). The molecule has 1 fully saturated rings. The standard InChI is InChI=1S/C13H15N3O2/c17-12-11(10-4-2-1-3-5-10)18-13(15-12)16-8-6-14-7-9-16/h1-5,11,14H,6-9H2/t11-/m0/s1. The number of piperazine rings is 1. The highest BCUT2D eigenvalue weighted by molar-refractivity contribution is 5.99. The summed E-state index contributed by atoms with van der Waals surface area (Å²) in [5.74, 6) is -0.213. The molecule has 1 aromatic carbocycles. The van der Waals surface area contributed by atoms with Crippen LogP contribution >= 0.6 is 0 Å². The summed E-state index contributed by atoms with van der Waals surface area (Å²) in [5, 5.41) is 3.26. The summed E-state index contributed by atoms with van der Waals surface area (Å²) in [6, 6.07) is 9.96. The molecule has 0 bridgehead atoms. The molecule has 2 heterocycles. The smallest absolute Gasteiger partial charge is 0.296 e. The van der Waals surface area contributed by atoms with Crippen molar-refractivity contribution in [2.45, 2.75) is 6.10 Å². The molecule has 0 unspecified atom stereocenters. The van der Waals surface area contributed by atoms with Gasteiger partial charge in [-0.05, 0) is 0 Å². The Bertz CT molecular complexity index is 466. The summed E-state index contributed by atoms with van der Waals surface area (Å²) in [6.07, 6.45) is -0.573. The monoisotopic (exact) mass is 245 g/mol. The highest BCUT2D eigenvalue weighted by Crippen LogP contribution is 2.25. The van der Waals surface area contributed by atoms with Crippen molar-refractivity contribution in [3.8, 4) is 0 Å². The molecule has 0 radical (unpaired) electrons. The van der Waals surface area contributed by atoms with Crippen LogP contribution in [0.15, 0.2) is 35.3 Å². The Kier molecular flexibility index (Phi) is 2.98. The van der Waals surface area contributed by atoms with E-state index in [1.54, 1.807) is 0 Å². The lowest BCUT2D eigenvalue weighted by atomic mass is 10.1. The van der Waals surface area contributed by atoms with Gasteiger partial charge in [0.2, 0.25) is 6.10 Å². The summed E-state index contributed by atoms with van der Waals surface area (Å²) in [4.78, 5) is 17.9. The molecule has 0 aromatic heterocycles. The van der Waals surface area contributed by atoms with E-state index in [1.165, 1.54) is 0 Å². The lowest BCUT2D eigenvalue weighted by molar-refractivity contribution is -0.123. The van der Waals surface area contributed by atoms with Crippen LogP contribution in [0.2, 0.25) is 0 Å². The Morgan fingerprint density at radius 3 is 2.67 bits per heavy atom. The molecule has 1 N–H and O–H groups in total. The highest BCUT2D eigenvalue weighted by atomic mass is 16.5. The van der Waals surface area contributed by atoms with E-state index < -0.39 is 6.10 Å². The lowest BCUT2D eigenvalue weighted by Gasteiger charge is -2.28. The third-order valence-electron chi connectivity index (χ3n) is 3.14. The SMILES string of the molecule is O=C1N=C(N2CCNCC2)O[C@H]1c1ccccc1. The topological polar surface area (TPSA) is 53.9 Å². The van der Waals surface area contributed by atoms with Crippen LogP contribution in [-0.4, -0.2) is 43.0 Å². The van der Waals surface area contributed by atoms with Crippen molar-refractivity contribution in [3.05, 3.63) is 35.9 Å². The molecule has 1 aromatic rings. The lowest BCUT2D eigenvalue weighted by Crippen LogP contribution is -2.46. The van der Waals surface area contributed by atoms with Gasteiger partial charge in [0.15, 0.2) is 0 Å². The van der Waals surface area contributed by atoms with Crippen molar-refractivity contribution >= 4 is 11.9 Å². The van der Waals surface area contributed by atoms with Crippen LogP contribution in [0.1, 0.15) is 11.7 Å². The fourth-order valence-electron chi connectivity index (χ4n) is 2.17. The number of carbonyl (C=O) groups excluding carboxylic acids is 1. The van der Waals surface area contributed by atoms with Gasteiger partial charge in [-0.2, -0.15) is 4.99 Å². The molecule has 2 aliphatic heterocycles. The van der Waals surface area contributed by atoms with Gasteiger partial charge in [-0.15, -0.1) is 0 Å². The highest BCUT2D eigenvalue weighted by Gasteiger charge is 2.33. The van der Waals surface area contributed by atoms with E-state index in [1.807, 2.05) is 35.2 Å². The van der Waals surface area contributed by atoms with Crippen molar-refractivity contribution in [2.75, 3.05) is 26.2 Å². The third kappa shape index (κ3) is 2.09. The second-order valence-corrected chi connectivity index (χ2v) is 4.38. The van der Waals surface area contributed by atoms with Gasteiger partial charge in [0.1, 0.15) is 0 Å². The molecule has 18 heavy (non-hydrogen) atoms. The first kappa shape index (κ1) is 11.2. The van der Waals surface area contributed by atoms with Crippen LogP contribution in [0.5, 0.6) is 0 Å². The van der Waals surface area contributed by atoms with Crippen molar-refractivity contribution in [1.82, 2.24) is 10.2 Å². The molecule has 2 aliphatic rings. The Morgan fingerprint density at radius 1 is 1.22 bits per heavy atom. The number of carbonyl (C=O) groups is 1. The van der Waals surface area contributed by atoms with Gasteiger partial charge in [0.05, 0.1) is 0 Å². The minimum atomic E-state index is -0.573. The molecular weight excluding hydrogens is 230 g/mol. The molecule has 1 saturated heterocycles. The van der Waals surface area contributed by atoms with Gasteiger partial charge in [0, 0.05) is 31.7 Å². The Balaban J connectivity index is 1.74. The van der Waals surface area contributed by atoms with Crippen LogP contribution in [0.3, 0.4) is 0 Å². The van der Waals surface area contributed by atoms with E-state index in [9.17, 15) is 4.79 Å². The summed E-state index contributed by atoms with van der Waals surface area (Å²) in [7, 11) is 0. The summed E-state index contributed by atoms with van der Waals surface area (Å²) >= 11 is 0. The molecule has 0 aliphatic carbocycles. The number of benzene rings is 1. The van der Waals surface area contributed by atoms with E-state index >= 15 is 0 Å². The number of amidine groups is 1. The molecule has 1 amide bonds. The summed E-state index contributed by atoms with van der Waals surface area (Å²) < 4.78 is 5.70. The van der Waals surface area contributed by atoms with Crippen molar-refractivity contribution in [1.29, 1.82) is 0 Å². The van der Waals surface area contributed by atoms with E-state index in [0.717, 1.165) is 31.7 Å². The molecule has 5 heteroatoms. The first-order valence-electron chi connectivity index (χ1n) is 6.14. The number of nitrogens with one attached hydrogen (secondary N) is 1. The van der Waals surface area contributed by atoms with Crippen LogP contribution in [0.25, 0.3) is 0 Å². The fraction of sp³-hybridized carbons (Fsp3) is 0.385.